The zero-order valence-electron chi connectivity index (χ0n) is 23.8. The highest BCUT2D eigenvalue weighted by atomic mass is 32.2. The van der Waals surface area contributed by atoms with Crippen LogP contribution in [0.2, 0.25) is 0 Å². The Bertz CT molecular complexity index is 2110. The standard InChI is InChI=1S/C35H30N2O4S/c1-21-9-7-10-22(2)34(21)36-25-15-17-27-30(19-25)41-31-20-26(37-35-23(3)11-8-12-24(35)4)16-18-28(31)33(27)29-13-5-6-14-32(29)42(38,39)40/h5-20,36H,1-4H3,(H,38,39,40). The average Bonchev–Trinajstić information content (AvgIpc) is 2.95. The summed E-state index contributed by atoms with van der Waals surface area (Å²) in [4.78, 5) is 4.75. The van der Waals surface area contributed by atoms with Gasteiger partial charge in [0.15, 0.2) is 0 Å². The highest BCUT2D eigenvalue weighted by Crippen LogP contribution is 2.43. The molecule has 1 heterocycles. The lowest BCUT2D eigenvalue weighted by atomic mass is 9.93. The molecule has 0 amide bonds. The molecule has 7 heteroatoms. The Balaban J connectivity index is 1.64. The molecular weight excluding hydrogens is 544 g/mol. The third-order valence-electron chi connectivity index (χ3n) is 7.57. The minimum Gasteiger partial charge on any atom is -0.456 e. The number of fused-ring (bicyclic) bond motifs is 2. The quantitative estimate of drug-likeness (QED) is 0.159. The van der Waals surface area contributed by atoms with Crippen molar-refractivity contribution in [3.05, 3.63) is 125 Å². The zero-order chi connectivity index (χ0) is 29.6. The minimum absolute atomic E-state index is 0.166. The molecule has 4 aromatic rings. The van der Waals surface area contributed by atoms with Gasteiger partial charge in [-0.3, -0.25) is 4.55 Å². The molecule has 1 aliphatic carbocycles. The number of aryl methyl sites for hydroxylation is 4. The maximum absolute atomic E-state index is 12.4. The zero-order valence-corrected chi connectivity index (χ0v) is 24.6. The van der Waals surface area contributed by atoms with Crippen LogP contribution in [0.25, 0.3) is 33.4 Å². The number of benzene rings is 5. The van der Waals surface area contributed by atoms with E-state index in [0.29, 0.717) is 38.8 Å². The maximum atomic E-state index is 12.4. The SMILES string of the molecule is Cc1cccc(C)c1N=c1ccc2c(-c3ccccc3S(=O)(=O)O)c3ccc(Nc4c(C)cccc4C)cc3oc-2c1. The Morgan fingerprint density at radius 1 is 0.714 bits per heavy atom. The van der Waals surface area contributed by atoms with Crippen molar-refractivity contribution in [1.82, 2.24) is 0 Å². The molecule has 6 rings (SSSR count). The molecule has 4 aromatic carbocycles. The van der Waals surface area contributed by atoms with Crippen LogP contribution >= 0.6 is 0 Å². The van der Waals surface area contributed by atoms with Crippen LogP contribution < -0.4 is 10.7 Å². The van der Waals surface area contributed by atoms with Crippen LogP contribution in [0, 0.1) is 27.7 Å². The number of hydrogen-bond donors (Lipinski definition) is 2. The van der Waals surface area contributed by atoms with E-state index in [9.17, 15) is 13.0 Å². The molecule has 0 bridgehead atoms. The van der Waals surface area contributed by atoms with Gasteiger partial charge < -0.3 is 9.73 Å². The lowest BCUT2D eigenvalue weighted by Gasteiger charge is -2.18. The van der Waals surface area contributed by atoms with Crippen molar-refractivity contribution >= 4 is 38.1 Å². The molecule has 6 nitrogen and oxygen atoms in total. The Labute approximate surface area is 245 Å². The number of nitrogens with one attached hydrogen (secondary N) is 1. The summed E-state index contributed by atoms with van der Waals surface area (Å²) in [5.41, 5.74) is 9.41. The summed E-state index contributed by atoms with van der Waals surface area (Å²) in [5.74, 6) is 0.541. The van der Waals surface area contributed by atoms with Gasteiger partial charge in [0.25, 0.3) is 10.1 Å². The second-order valence-electron chi connectivity index (χ2n) is 10.6. The number of hydrogen-bond acceptors (Lipinski definition) is 5. The van der Waals surface area contributed by atoms with Crippen LogP contribution in [0.15, 0.2) is 111 Å². The van der Waals surface area contributed by atoms with E-state index < -0.39 is 10.1 Å². The van der Waals surface area contributed by atoms with Gasteiger partial charge in [0.05, 0.1) is 11.0 Å². The molecule has 0 saturated carbocycles. The fraction of sp³-hybridized carbons (Fsp3) is 0.114. The van der Waals surface area contributed by atoms with Gasteiger partial charge in [0.1, 0.15) is 16.2 Å². The molecule has 0 saturated heterocycles. The summed E-state index contributed by atoms with van der Waals surface area (Å²) < 4.78 is 41.5. The lowest BCUT2D eigenvalue weighted by molar-refractivity contribution is 0.483. The van der Waals surface area contributed by atoms with E-state index >= 15 is 0 Å². The van der Waals surface area contributed by atoms with E-state index in [4.69, 9.17) is 9.41 Å². The topological polar surface area (TPSA) is 91.9 Å². The summed E-state index contributed by atoms with van der Waals surface area (Å²) in [5, 5.41) is 4.94. The molecule has 0 radical (unpaired) electrons. The number of para-hydroxylation sites is 2. The normalized spacial score (nSPS) is 12.3. The van der Waals surface area contributed by atoms with Crippen molar-refractivity contribution < 1.29 is 17.4 Å². The number of rotatable bonds is 5. The van der Waals surface area contributed by atoms with Gasteiger partial charge in [-0.05, 0) is 80.3 Å². The van der Waals surface area contributed by atoms with Crippen LogP contribution in [0.1, 0.15) is 22.3 Å². The fourth-order valence-corrected chi connectivity index (χ4v) is 6.18. The molecule has 2 N–H and O–H groups in total. The Kier molecular flexibility index (Phi) is 6.93. The van der Waals surface area contributed by atoms with Crippen molar-refractivity contribution in [3.8, 4) is 22.5 Å². The van der Waals surface area contributed by atoms with Gasteiger partial charge in [0.2, 0.25) is 0 Å². The molecule has 0 aromatic heterocycles. The lowest BCUT2D eigenvalue weighted by Crippen LogP contribution is -2.05. The third-order valence-corrected chi connectivity index (χ3v) is 8.48. The van der Waals surface area contributed by atoms with Crippen molar-refractivity contribution in [2.24, 2.45) is 4.99 Å². The summed E-state index contributed by atoms with van der Waals surface area (Å²) in [6, 6.07) is 30.1. The Morgan fingerprint density at radius 2 is 1.38 bits per heavy atom. The molecule has 2 aliphatic rings. The predicted molar refractivity (Wildman–Crippen MR) is 168 cm³/mol. The highest BCUT2D eigenvalue weighted by Gasteiger charge is 2.23. The molecule has 0 atom stereocenters. The van der Waals surface area contributed by atoms with Gasteiger partial charge in [-0.2, -0.15) is 8.42 Å². The van der Waals surface area contributed by atoms with E-state index in [-0.39, 0.29) is 4.90 Å². The van der Waals surface area contributed by atoms with E-state index in [1.54, 1.807) is 18.2 Å². The van der Waals surface area contributed by atoms with Gasteiger partial charge in [-0.25, -0.2) is 4.99 Å². The molecule has 0 unspecified atom stereocenters. The first-order valence-electron chi connectivity index (χ1n) is 13.6. The largest absolute Gasteiger partial charge is 0.456 e. The average molecular weight is 575 g/mol. The molecule has 0 spiro atoms. The summed E-state index contributed by atoms with van der Waals surface area (Å²) >= 11 is 0. The van der Waals surface area contributed by atoms with Crippen LogP contribution in [0.3, 0.4) is 0 Å². The number of anilines is 2. The molecule has 210 valence electrons. The van der Waals surface area contributed by atoms with Crippen molar-refractivity contribution in [3.63, 3.8) is 0 Å². The van der Waals surface area contributed by atoms with Crippen LogP contribution in [0.4, 0.5) is 17.1 Å². The maximum Gasteiger partial charge on any atom is 0.295 e. The van der Waals surface area contributed by atoms with Gasteiger partial charge in [-0.15, -0.1) is 0 Å². The predicted octanol–water partition coefficient (Wildman–Crippen LogP) is 8.66. The smallest absolute Gasteiger partial charge is 0.295 e. The molecular formula is C35H30N2O4S. The summed E-state index contributed by atoms with van der Waals surface area (Å²) in [6.07, 6.45) is 0. The molecule has 0 fully saturated rings. The molecule has 1 aliphatic heterocycles. The van der Waals surface area contributed by atoms with E-state index in [2.05, 4.69) is 31.3 Å². The highest BCUT2D eigenvalue weighted by molar-refractivity contribution is 7.86. The van der Waals surface area contributed by atoms with Crippen molar-refractivity contribution in [2.75, 3.05) is 5.32 Å². The van der Waals surface area contributed by atoms with E-state index in [0.717, 1.165) is 39.3 Å². The Morgan fingerprint density at radius 3 is 2.07 bits per heavy atom. The monoisotopic (exact) mass is 574 g/mol. The van der Waals surface area contributed by atoms with Gasteiger partial charge in [0, 0.05) is 45.6 Å². The van der Waals surface area contributed by atoms with Crippen LogP contribution in [-0.4, -0.2) is 13.0 Å². The van der Waals surface area contributed by atoms with Crippen LogP contribution in [0.5, 0.6) is 0 Å². The van der Waals surface area contributed by atoms with Crippen molar-refractivity contribution in [1.29, 1.82) is 0 Å². The van der Waals surface area contributed by atoms with Crippen LogP contribution in [-0.2, 0) is 10.1 Å². The number of nitrogens with zero attached hydrogens (tertiary/aromatic N) is 1. The van der Waals surface area contributed by atoms with E-state index in [1.807, 2.05) is 74.5 Å². The third kappa shape index (κ3) is 5.09. The first kappa shape index (κ1) is 27.4. The van der Waals surface area contributed by atoms with Gasteiger partial charge in [-0.1, -0.05) is 54.6 Å². The second-order valence-corrected chi connectivity index (χ2v) is 12.0. The summed E-state index contributed by atoms with van der Waals surface area (Å²) in [6.45, 7) is 8.17. The first-order valence-corrected chi connectivity index (χ1v) is 15.1. The Hall–Kier alpha value is -4.72. The molecule has 42 heavy (non-hydrogen) atoms. The van der Waals surface area contributed by atoms with E-state index in [1.165, 1.54) is 6.07 Å². The summed E-state index contributed by atoms with van der Waals surface area (Å²) in [7, 11) is -4.50. The first-order chi connectivity index (χ1) is 20.1. The minimum atomic E-state index is -4.50. The van der Waals surface area contributed by atoms with Crippen molar-refractivity contribution in [2.45, 2.75) is 32.6 Å². The fourth-order valence-electron chi connectivity index (χ4n) is 5.48. The van der Waals surface area contributed by atoms with Gasteiger partial charge >= 0.3 is 0 Å². The second kappa shape index (κ2) is 10.6.